The molecule has 2 atom stereocenters. The van der Waals surface area contributed by atoms with Crippen LogP contribution in [0.1, 0.15) is 50.3 Å². The molecule has 112 valence electrons. The summed E-state index contributed by atoms with van der Waals surface area (Å²) in [5.41, 5.74) is 1.28. The van der Waals surface area contributed by atoms with E-state index in [2.05, 4.69) is 28.2 Å². The third kappa shape index (κ3) is 2.75. The lowest BCUT2D eigenvalue weighted by atomic mass is 9.84. The minimum absolute atomic E-state index is 0.0297. The zero-order chi connectivity index (χ0) is 14.0. The van der Waals surface area contributed by atoms with Gasteiger partial charge in [0.25, 0.3) is 0 Å². The fourth-order valence-corrected chi connectivity index (χ4v) is 3.26. The standard InChI is InChI=1S/C15H25N3O2/c1-12(16-2)13-10-17-18(11-13)14-3-6-20-15(9-14)4-7-19-8-5-15/h10-12,14,16H,3-9H2,1-2H3. The zero-order valence-corrected chi connectivity index (χ0v) is 12.5. The smallest absolute Gasteiger partial charge is 0.0746 e. The molecular formula is C15H25N3O2. The summed E-state index contributed by atoms with van der Waals surface area (Å²) in [5.74, 6) is 0. The van der Waals surface area contributed by atoms with Crippen LogP contribution in [0.4, 0.5) is 0 Å². The van der Waals surface area contributed by atoms with Crippen LogP contribution in [0.3, 0.4) is 0 Å². The maximum absolute atomic E-state index is 6.10. The largest absolute Gasteiger partial charge is 0.381 e. The van der Waals surface area contributed by atoms with Crippen LogP contribution in [-0.2, 0) is 9.47 Å². The molecule has 5 heteroatoms. The molecule has 1 aromatic rings. The van der Waals surface area contributed by atoms with Crippen molar-refractivity contribution in [2.24, 2.45) is 0 Å². The van der Waals surface area contributed by atoms with Gasteiger partial charge in [0.05, 0.1) is 17.8 Å². The molecule has 0 bridgehead atoms. The molecule has 2 fully saturated rings. The van der Waals surface area contributed by atoms with Crippen molar-refractivity contribution in [2.45, 2.75) is 50.3 Å². The SMILES string of the molecule is CNC(C)c1cnn(C2CCOC3(CCOCC3)C2)c1. The van der Waals surface area contributed by atoms with E-state index in [-0.39, 0.29) is 5.60 Å². The number of aromatic nitrogens is 2. The Labute approximate surface area is 120 Å². The molecule has 2 unspecified atom stereocenters. The first-order valence-electron chi connectivity index (χ1n) is 7.65. The molecule has 3 heterocycles. The van der Waals surface area contributed by atoms with Gasteiger partial charge in [0, 0.05) is 37.6 Å². The Hall–Kier alpha value is -0.910. The quantitative estimate of drug-likeness (QED) is 0.920. The lowest BCUT2D eigenvalue weighted by Crippen LogP contribution is -2.44. The summed E-state index contributed by atoms with van der Waals surface area (Å²) in [7, 11) is 1.98. The van der Waals surface area contributed by atoms with E-state index < -0.39 is 0 Å². The van der Waals surface area contributed by atoms with Crippen LogP contribution in [0, 0.1) is 0 Å². The van der Waals surface area contributed by atoms with Gasteiger partial charge >= 0.3 is 0 Å². The minimum atomic E-state index is 0.0297. The van der Waals surface area contributed by atoms with Gasteiger partial charge in [-0.15, -0.1) is 0 Å². The average Bonchev–Trinajstić information content (AvgIpc) is 2.97. The Bertz CT molecular complexity index is 435. The summed E-state index contributed by atoms with van der Waals surface area (Å²) < 4.78 is 13.7. The van der Waals surface area contributed by atoms with E-state index in [1.807, 2.05) is 13.2 Å². The molecule has 0 radical (unpaired) electrons. The first kappa shape index (κ1) is 14.0. The first-order valence-corrected chi connectivity index (χ1v) is 7.65. The van der Waals surface area contributed by atoms with Crippen LogP contribution in [0.5, 0.6) is 0 Å². The fourth-order valence-electron chi connectivity index (χ4n) is 3.26. The molecular weight excluding hydrogens is 254 g/mol. The minimum Gasteiger partial charge on any atom is -0.381 e. The van der Waals surface area contributed by atoms with E-state index in [1.54, 1.807) is 0 Å². The average molecular weight is 279 g/mol. The van der Waals surface area contributed by atoms with Crippen LogP contribution in [0.15, 0.2) is 12.4 Å². The van der Waals surface area contributed by atoms with Crippen LogP contribution in [0.25, 0.3) is 0 Å². The number of hydrogen-bond acceptors (Lipinski definition) is 4. The number of nitrogens with zero attached hydrogens (tertiary/aromatic N) is 2. The predicted molar refractivity (Wildman–Crippen MR) is 76.7 cm³/mol. The van der Waals surface area contributed by atoms with Crippen LogP contribution in [0.2, 0.25) is 0 Å². The summed E-state index contributed by atoms with van der Waals surface area (Å²) in [6, 6.07) is 0.806. The van der Waals surface area contributed by atoms with Crippen molar-refractivity contribution in [3.8, 4) is 0 Å². The van der Waals surface area contributed by atoms with E-state index in [0.717, 1.165) is 45.5 Å². The molecule has 0 aliphatic carbocycles. The Balaban J connectivity index is 1.71. The molecule has 5 nitrogen and oxygen atoms in total. The van der Waals surface area contributed by atoms with Crippen molar-refractivity contribution >= 4 is 0 Å². The van der Waals surface area contributed by atoms with E-state index in [1.165, 1.54) is 5.56 Å². The van der Waals surface area contributed by atoms with Crippen molar-refractivity contribution in [3.05, 3.63) is 18.0 Å². The highest BCUT2D eigenvalue weighted by molar-refractivity contribution is 5.10. The molecule has 0 saturated carbocycles. The van der Waals surface area contributed by atoms with Gasteiger partial charge in [-0.2, -0.15) is 5.10 Å². The van der Waals surface area contributed by atoms with Gasteiger partial charge in [-0.05, 0) is 39.7 Å². The molecule has 1 aromatic heterocycles. The van der Waals surface area contributed by atoms with Crippen molar-refractivity contribution in [1.82, 2.24) is 15.1 Å². The molecule has 3 rings (SSSR count). The van der Waals surface area contributed by atoms with Gasteiger partial charge in [0.15, 0.2) is 0 Å². The zero-order valence-electron chi connectivity index (χ0n) is 12.5. The molecule has 1 N–H and O–H groups in total. The molecule has 1 spiro atoms. The second-order valence-corrected chi connectivity index (χ2v) is 6.05. The van der Waals surface area contributed by atoms with Crippen LogP contribution in [-0.4, -0.2) is 42.2 Å². The molecule has 2 aliphatic rings. The van der Waals surface area contributed by atoms with Crippen molar-refractivity contribution in [1.29, 1.82) is 0 Å². The molecule has 0 amide bonds. The van der Waals surface area contributed by atoms with Crippen LogP contribution < -0.4 is 5.32 Å². The van der Waals surface area contributed by atoms with Crippen molar-refractivity contribution in [2.75, 3.05) is 26.9 Å². The summed E-state index contributed by atoms with van der Waals surface area (Å²) in [6.07, 6.45) is 8.32. The second-order valence-electron chi connectivity index (χ2n) is 6.05. The predicted octanol–water partition coefficient (Wildman–Crippen LogP) is 2.06. The highest BCUT2D eigenvalue weighted by Crippen LogP contribution is 2.39. The van der Waals surface area contributed by atoms with Gasteiger partial charge in [0.1, 0.15) is 0 Å². The number of nitrogens with one attached hydrogen (secondary N) is 1. The molecule has 20 heavy (non-hydrogen) atoms. The van der Waals surface area contributed by atoms with Gasteiger partial charge in [0.2, 0.25) is 0 Å². The highest BCUT2D eigenvalue weighted by atomic mass is 16.5. The number of rotatable bonds is 3. The number of ether oxygens (including phenoxy) is 2. The summed E-state index contributed by atoms with van der Waals surface area (Å²) in [6.45, 7) is 4.65. The Morgan fingerprint density at radius 2 is 2.20 bits per heavy atom. The van der Waals surface area contributed by atoms with E-state index >= 15 is 0 Å². The number of hydrogen-bond donors (Lipinski definition) is 1. The summed E-state index contributed by atoms with van der Waals surface area (Å²) in [4.78, 5) is 0. The molecule has 0 aromatic carbocycles. The van der Waals surface area contributed by atoms with Crippen molar-refractivity contribution < 1.29 is 9.47 Å². The third-order valence-electron chi connectivity index (χ3n) is 4.80. The van der Waals surface area contributed by atoms with Crippen molar-refractivity contribution in [3.63, 3.8) is 0 Å². The highest BCUT2D eigenvalue weighted by Gasteiger charge is 2.39. The second kappa shape index (κ2) is 5.84. The topological polar surface area (TPSA) is 48.3 Å². The first-order chi connectivity index (χ1) is 9.72. The Kier molecular flexibility index (Phi) is 4.10. The lowest BCUT2D eigenvalue weighted by Gasteiger charge is -2.43. The van der Waals surface area contributed by atoms with Gasteiger partial charge in [-0.25, -0.2) is 0 Å². The van der Waals surface area contributed by atoms with E-state index in [0.29, 0.717) is 12.1 Å². The monoisotopic (exact) mass is 279 g/mol. The lowest BCUT2D eigenvalue weighted by molar-refractivity contribution is -0.145. The van der Waals surface area contributed by atoms with Gasteiger partial charge in [-0.1, -0.05) is 0 Å². The third-order valence-corrected chi connectivity index (χ3v) is 4.80. The summed E-state index contributed by atoms with van der Waals surface area (Å²) in [5, 5.41) is 7.84. The van der Waals surface area contributed by atoms with Gasteiger partial charge < -0.3 is 14.8 Å². The van der Waals surface area contributed by atoms with Gasteiger partial charge in [-0.3, -0.25) is 4.68 Å². The van der Waals surface area contributed by atoms with E-state index in [9.17, 15) is 0 Å². The maximum Gasteiger partial charge on any atom is 0.0746 e. The normalized spacial score (nSPS) is 27.6. The van der Waals surface area contributed by atoms with E-state index in [4.69, 9.17) is 9.47 Å². The Morgan fingerprint density at radius 3 is 2.95 bits per heavy atom. The molecule has 2 aliphatic heterocycles. The fraction of sp³-hybridized carbons (Fsp3) is 0.800. The maximum atomic E-state index is 6.10. The van der Waals surface area contributed by atoms with Crippen LogP contribution >= 0.6 is 0 Å². The molecule has 2 saturated heterocycles. The summed E-state index contributed by atoms with van der Waals surface area (Å²) >= 11 is 0. The Morgan fingerprint density at radius 1 is 1.40 bits per heavy atom.